The minimum Gasteiger partial charge on any atom is -0.379 e. The van der Waals surface area contributed by atoms with E-state index < -0.39 is 15.9 Å². The Hall–Kier alpha value is -1.64. The van der Waals surface area contributed by atoms with Crippen molar-refractivity contribution >= 4 is 39.1 Å². The van der Waals surface area contributed by atoms with Gasteiger partial charge in [0.05, 0.1) is 28.1 Å². The molecule has 0 aromatic heterocycles. The van der Waals surface area contributed by atoms with Crippen molar-refractivity contribution < 1.29 is 22.7 Å². The van der Waals surface area contributed by atoms with Crippen LogP contribution in [-0.2, 0) is 19.6 Å². The fourth-order valence-electron chi connectivity index (χ4n) is 2.37. The summed E-state index contributed by atoms with van der Waals surface area (Å²) in [5.41, 5.74) is 0.369. The van der Waals surface area contributed by atoms with E-state index in [0.29, 0.717) is 19.6 Å². The van der Waals surface area contributed by atoms with Gasteiger partial charge in [-0.3, -0.25) is 9.59 Å². The minimum atomic E-state index is -3.66. The second kappa shape index (κ2) is 8.16. The van der Waals surface area contributed by atoms with Crippen molar-refractivity contribution in [2.45, 2.75) is 32.8 Å². The molecule has 1 saturated heterocycles. The molecule has 9 heteroatoms. The van der Waals surface area contributed by atoms with Crippen LogP contribution in [0, 0.1) is 0 Å². The molecule has 1 N–H and O–H groups in total. The third kappa shape index (κ3) is 4.93. The van der Waals surface area contributed by atoms with E-state index in [9.17, 15) is 18.0 Å². The molecular weight excluding hydrogens is 368 g/mol. The molecular formula is C16H21ClN2O5S. The van der Waals surface area contributed by atoms with Crippen molar-refractivity contribution in [3.63, 3.8) is 0 Å². The van der Waals surface area contributed by atoms with Crippen molar-refractivity contribution in [3.8, 4) is 0 Å². The Kier molecular flexibility index (Phi) is 6.42. The van der Waals surface area contributed by atoms with Crippen LogP contribution in [0.15, 0.2) is 18.2 Å². The Morgan fingerprint density at radius 2 is 2.12 bits per heavy atom. The fraction of sp³-hybridized carbons (Fsp3) is 0.500. The maximum absolute atomic E-state index is 12.2. The lowest BCUT2D eigenvalue weighted by atomic mass is 10.2. The van der Waals surface area contributed by atoms with E-state index in [-0.39, 0.29) is 40.5 Å². The molecule has 1 aromatic rings. The van der Waals surface area contributed by atoms with Crippen molar-refractivity contribution in [2.75, 3.05) is 23.2 Å². The van der Waals surface area contributed by atoms with E-state index in [0.717, 1.165) is 4.31 Å². The summed E-state index contributed by atoms with van der Waals surface area (Å²) in [5.74, 6) is -1.08. The maximum atomic E-state index is 12.2. The SMILES string of the molecule is CC(C)OCCCNC(=O)c1ccc(N2C(=O)CCS2(=O)=O)cc1Cl. The first-order valence-corrected chi connectivity index (χ1v) is 9.96. The Balaban J connectivity index is 2.02. The van der Waals surface area contributed by atoms with Crippen LogP contribution in [-0.4, -0.2) is 45.2 Å². The number of hydrogen-bond acceptors (Lipinski definition) is 5. The van der Waals surface area contributed by atoms with Crippen LogP contribution in [0.1, 0.15) is 37.0 Å². The van der Waals surface area contributed by atoms with Gasteiger partial charge in [0.25, 0.3) is 5.91 Å². The first-order chi connectivity index (χ1) is 11.7. The number of ether oxygens (including phenoxy) is 1. The Morgan fingerprint density at radius 1 is 1.40 bits per heavy atom. The van der Waals surface area contributed by atoms with Crippen molar-refractivity contribution in [1.29, 1.82) is 0 Å². The van der Waals surface area contributed by atoms with Gasteiger partial charge < -0.3 is 10.1 Å². The highest BCUT2D eigenvalue weighted by Gasteiger charge is 2.36. The average Bonchev–Trinajstić information content (AvgIpc) is 2.79. The summed E-state index contributed by atoms with van der Waals surface area (Å²) in [6.45, 7) is 4.85. The number of anilines is 1. The highest BCUT2D eigenvalue weighted by atomic mass is 35.5. The van der Waals surface area contributed by atoms with Crippen LogP contribution in [0.4, 0.5) is 5.69 Å². The lowest BCUT2D eigenvalue weighted by Crippen LogP contribution is -2.29. The number of carbonyl (C=O) groups excluding carboxylic acids is 2. The van der Waals surface area contributed by atoms with Gasteiger partial charge in [-0.2, -0.15) is 0 Å². The van der Waals surface area contributed by atoms with Crippen LogP contribution in [0.25, 0.3) is 0 Å². The summed E-state index contributed by atoms with van der Waals surface area (Å²) in [6, 6.07) is 4.14. The number of nitrogens with zero attached hydrogens (tertiary/aromatic N) is 1. The summed E-state index contributed by atoms with van der Waals surface area (Å²) >= 11 is 6.11. The molecule has 7 nitrogen and oxygen atoms in total. The Bertz CT molecular complexity index is 764. The topological polar surface area (TPSA) is 92.8 Å². The van der Waals surface area contributed by atoms with Crippen LogP contribution in [0.2, 0.25) is 5.02 Å². The third-order valence-corrected chi connectivity index (χ3v) is 5.57. The summed E-state index contributed by atoms with van der Waals surface area (Å²) in [4.78, 5) is 23.9. The van der Waals surface area contributed by atoms with Crippen molar-refractivity contribution in [2.24, 2.45) is 0 Å². The third-order valence-electron chi connectivity index (χ3n) is 3.57. The van der Waals surface area contributed by atoms with E-state index in [1.54, 1.807) is 0 Å². The van der Waals surface area contributed by atoms with E-state index >= 15 is 0 Å². The number of nitrogens with one attached hydrogen (secondary N) is 1. The van der Waals surface area contributed by atoms with Gasteiger partial charge in [-0.15, -0.1) is 0 Å². The Labute approximate surface area is 152 Å². The Morgan fingerprint density at radius 3 is 2.68 bits per heavy atom. The largest absolute Gasteiger partial charge is 0.379 e. The lowest BCUT2D eigenvalue weighted by molar-refractivity contribution is -0.116. The molecule has 138 valence electrons. The molecule has 0 aliphatic carbocycles. The van der Waals surface area contributed by atoms with Gasteiger partial charge in [0.1, 0.15) is 0 Å². The van der Waals surface area contributed by atoms with Gasteiger partial charge in [0.2, 0.25) is 15.9 Å². The molecule has 0 unspecified atom stereocenters. The second-order valence-electron chi connectivity index (χ2n) is 5.92. The first-order valence-electron chi connectivity index (χ1n) is 7.97. The first kappa shape index (κ1) is 19.7. The van der Waals surface area contributed by atoms with Gasteiger partial charge in [-0.05, 0) is 38.5 Å². The molecule has 2 amide bonds. The number of carbonyl (C=O) groups is 2. The van der Waals surface area contributed by atoms with Crippen molar-refractivity contribution in [3.05, 3.63) is 28.8 Å². The van der Waals surface area contributed by atoms with Gasteiger partial charge >= 0.3 is 0 Å². The van der Waals surface area contributed by atoms with Crippen molar-refractivity contribution in [1.82, 2.24) is 5.32 Å². The molecule has 0 spiro atoms. The summed E-state index contributed by atoms with van der Waals surface area (Å²) < 4.78 is 30.0. The second-order valence-corrected chi connectivity index (χ2v) is 8.26. The molecule has 0 bridgehead atoms. The number of amides is 2. The number of hydrogen-bond donors (Lipinski definition) is 1. The molecule has 1 fully saturated rings. The number of rotatable bonds is 7. The molecule has 25 heavy (non-hydrogen) atoms. The van der Waals surface area contributed by atoms with Gasteiger partial charge in [-0.25, -0.2) is 12.7 Å². The normalized spacial score (nSPS) is 16.5. The predicted molar refractivity (Wildman–Crippen MR) is 95.4 cm³/mol. The van der Waals surface area contributed by atoms with Crippen LogP contribution in [0.5, 0.6) is 0 Å². The quantitative estimate of drug-likeness (QED) is 0.720. The molecule has 1 aromatic carbocycles. The van der Waals surface area contributed by atoms with E-state index in [1.807, 2.05) is 13.8 Å². The molecule has 0 saturated carbocycles. The van der Waals surface area contributed by atoms with Crippen LogP contribution in [0.3, 0.4) is 0 Å². The number of benzene rings is 1. The molecule has 1 aliphatic heterocycles. The van der Waals surface area contributed by atoms with Gasteiger partial charge in [0, 0.05) is 19.6 Å². The van der Waals surface area contributed by atoms with Gasteiger partial charge in [-0.1, -0.05) is 11.6 Å². The molecule has 2 rings (SSSR count). The summed E-state index contributed by atoms with van der Waals surface area (Å²) in [6.07, 6.45) is 0.753. The lowest BCUT2D eigenvalue weighted by Gasteiger charge is -2.16. The summed E-state index contributed by atoms with van der Waals surface area (Å²) in [5, 5.41) is 2.81. The standard InChI is InChI=1S/C16H21ClN2O5S/c1-11(2)24-8-3-7-18-16(21)13-5-4-12(10-14(13)17)19-15(20)6-9-25(19,22)23/h4-5,10-11H,3,6-9H2,1-2H3,(H,18,21). The number of sulfonamides is 1. The highest BCUT2D eigenvalue weighted by Crippen LogP contribution is 2.29. The summed E-state index contributed by atoms with van der Waals surface area (Å²) in [7, 11) is -3.66. The molecule has 1 heterocycles. The zero-order chi connectivity index (χ0) is 18.6. The molecule has 0 radical (unpaired) electrons. The minimum absolute atomic E-state index is 0.0549. The monoisotopic (exact) mass is 388 g/mol. The zero-order valence-electron chi connectivity index (χ0n) is 14.1. The molecule has 1 aliphatic rings. The van der Waals surface area contributed by atoms with E-state index in [4.69, 9.17) is 16.3 Å². The smallest absolute Gasteiger partial charge is 0.252 e. The van der Waals surface area contributed by atoms with E-state index in [2.05, 4.69) is 5.32 Å². The number of halogens is 1. The maximum Gasteiger partial charge on any atom is 0.252 e. The highest BCUT2D eigenvalue weighted by molar-refractivity contribution is 7.94. The van der Waals surface area contributed by atoms with Crippen LogP contribution >= 0.6 is 11.6 Å². The van der Waals surface area contributed by atoms with Crippen LogP contribution < -0.4 is 9.62 Å². The molecule has 0 atom stereocenters. The van der Waals surface area contributed by atoms with E-state index in [1.165, 1.54) is 18.2 Å². The predicted octanol–water partition coefficient (Wildman–Crippen LogP) is 1.95. The van der Waals surface area contributed by atoms with Gasteiger partial charge in [0.15, 0.2) is 0 Å². The zero-order valence-corrected chi connectivity index (χ0v) is 15.7. The average molecular weight is 389 g/mol. The fourth-order valence-corrected chi connectivity index (χ4v) is 4.08.